The van der Waals surface area contributed by atoms with Crippen LogP contribution in [-0.2, 0) is 16.1 Å². The molecule has 0 spiro atoms. The second-order valence-electron chi connectivity index (χ2n) is 5.03. The fourth-order valence-corrected chi connectivity index (χ4v) is 2.45. The molecule has 1 saturated heterocycles. The van der Waals surface area contributed by atoms with Gasteiger partial charge < -0.3 is 14.5 Å². The van der Waals surface area contributed by atoms with E-state index < -0.39 is 0 Å². The zero-order valence-electron chi connectivity index (χ0n) is 11.9. The maximum atomic E-state index is 12.2. The summed E-state index contributed by atoms with van der Waals surface area (Å²) < 4.78 is 11.1. The molecule has 0 aliphatic carbocycles. The van der Waals surface area contributed by atoms with Crippen LogP contribution in [0.3, 0.4) is 0 Å². The molecule has 1 aliphatic heterocycles. The van der Waals surface area contributed by atoms with Crippen LogP contribution in [0.25, 0.3) is 0 Å². The number of hydrogen-bond donors (Lipinski definition) is 1. The molecule has 5 heteroatoms. The summed E-state index contributed by atoms with van der Waals surface area (Å²) in [6.07, 6.45) is 2.76. The largest absolute Gasteiger partial charge is 0.444 e. The van der Waals surface area contributed by atoms with E-state index in [1.165, 1.54) is 0 Å². The summed E-state index contributed by atoms with van der Waals surface area (Å²) in [5.74, 6) is 1.36. The molecule has 1 aliphatic rings. The van der Waals surface area contributed by atoms with E-state index in [1.807, 2.05) is 13.8 Å². The van der Waals surface area contributed by atoms with Gasteiger partial charge >= 0.3 is 0 Å². The Morgan fingerprint density at radius 2 is 2.26 bits per heavy atom. The first-order valence-electron chi connectivity index (χ1n) is 6.94. The van der Waals surface area contributed by atoms with E-state index in [0.717, 1.165) is 37.3 Å². The van der Waals surface area contributed by atoms with E-state index >= 15 is 0 Å². The van der Waals surface area contributed by atoms with E-state index in [4.69, 9.17) is 9.15 Å². The minimum atomic E-state index is -0.0455. The summed E-state index contributed by atoms with van der Waals surface area (Å²) in [6, 6.07) is 0. The number of carbonyl (C=O) groups is 1. The van der Waals surface area contributed by atoms with Crippen LogP contribution in [-0.4, -0.2) is 23.6 Å². The molecule has 1 N–H and O–H groups in total. The average molecular weight is 266 g/mol. The van der Waals surface area contributed by atoms with Gasteiger partial charge in [0.15, 0.2) is 0 Å². The van der Waals surface area contributed by atoms with Crippen molar-refractivity contribution in [3.05, 3.63) is 17.3 Å². The topological polar surface area (TPSA) is 64.4 Å². The first kappa shape index (κ1) is 14.1. The summed E-state index contributed by atoms with van der Waals surface area (Å²) in [7, 11) is 0. The predicted octanol–water partition coefficient (Wildman–Crippen LogP) is 2.11. The molecule has 1 amide bonds. The molecule has 19 heavy (non-hydrogen) atoms. The van der Waals surface area contributed by atoms with Crippen molar-refractivity contribution >= 4 is 5.91 Å². The van der Waals surface area contributed by atoms with Crippen molar-refractivity contribution in [3.8, 4) is 0 Å². The molecule has 1 aromatic heterocycles. The number of nitrogens with one attached hydrogen (secondary N) is 1. The smallest absolute Gasteiger partial charge is 0.226 e. The molecule has 0 aromatic carbocycles. The monoisotopic (exact) mass is 266 g/mol. The molecule has 2 atom stereocenters. The van der Waals surface area contributed by atoms with E-state index in [2.05, 4.69) is 17.2 Å². The quantitative estimate of drug-likeness (QED) is 0.906. The lowest BCUT2D eigenvalue weighted by Gasteiger charge is -2.29. The number of aromatic nitrogens is 1. The Bertz CT molecular complexity index is 422. The highest BCUT2D eigenvalue weighted by Gasteiger charge is 2.30. The molecule has 0 bridgehead atoms. The summed E-state index contributed by atoms with van der Waals surface area (Å²) in [6.45, 7) is 6.93. The molecular formula is C14H22N2O3. The number of nitrogens with zero attached hydrogens (tertiary/aromatic N) is 1. The Kier molecular flexibility index (Phi) is 4.58. The first-order chi connectivity index (χ1) is 9.11. The van der Waals surface area contributed by atoms with Gasteiger partial charge in [-0.3, -0.25) is 4.79 Å². The molecule has 5 nitrogen and oxygen atoms in total. The first-order valence-corrected chi connectivity index (χ1v) is 6.94. The van der Waals surface area contributed by atoms with Gasteiger partial charge in [-0.2, -0.15) is 0 Å². The lowest BCUT2D eigenvalue weighted by Crippen LogP contribution is -2.41. The van der Waals surface area contributed by atoms with Gasteiger partial charge in [-0.1, -0.05) is 6.92 Å². The zero-order valence-corrected chi connectivity index (χ0v) is 11.9. The zero-order chi connectivity index (χ0) is 13.8. The van der Waals surface area contributed by atoms with Crippen LogP contribution in [0.4, 0.5) is 0 Å². The van der Waals surface area contributed by atoms with Gasteiger partial charge in [0.25, 0.3) is 0 Å². The maximum Gasteiger partial charge on any atom is 0.226 e. The minimum Gasteiger partial charge on any atom is -0.444 e. The Balaban J connectivity index is 1.89. The van der Waals surface area contributed by atoms with Crippen molar-refractivity contribution < 1.29 is 13.9 Å². The number of ether oxygens (including phenoxy) is 1. The van der Waals surface area contributed by atoms with Crippen LogP contribution >= 0.6 is 0 Å². The van der Waals surface area contributed by atoms with Crippen LogP contribution in [0.5, 0.6) is 0 Å². The molecule has 1 aromatic rings. The van der Waals surface area contributed by atoms with E-state index in [1.54, 1.807) is 0 Å². The van der Waals surface area contributed by atoms with Crippen molar-refractivity contribution in [1.29, 1.82) is 0 Å². The minimum absolute atomic E-state index is 0.0417. The second kappa shape index (κ2) is 6.19. The lowest BCUT2D eigenvalue weighted by molar-refractivity contribution is -0.134. The molecule has 2 unspecified atom stereocenters. The number of rotatable bonds is 4. The third kappa shape index (κ3) is 3.35. The van der Waals surface area contributed by atoms with Gasteiger partial charge in [-0.15, -0.1) is 0 Å². The summed E-state index contributed by atoms with van der Waals surface area (Å²) in [5, 5.41) is 2.90. The SMILES string of the molecule is CCC1OCCCC1C(=O)NCc1nc(C)c(C)o1. The molecule has 2 rings (SSSR count). The van der Waals surface area contributed by atoms with Gasteiger partial charge in [0, 0.05) is 6.61 Å². The van der Waals surface area contributed by atoms with Crippen molar-refractivity contribution in [2.24, 2.45) is 5.92 Å². The third-order valence-electron chi connectivity index (χ3n) is 3.67. The Hall–Kier alpha value is -1.36. The van der Waals surface area contributed by atoms with E-state index in [9.17, 15) is 4.79 Å². The van der Waals surface area contributed by atoms with Crippen LogP contribution in [0, 0.1) is 19.8 Å². The van der Waals surface area contributed by atoms with E-state index in [-0.39, 0.29) is 17.9 Å². The fourth-order valence-electron chi connectivity index (χ4n) is 2.45. The number of aryl methyl sites for hydroxylation is 2. The third-order valence-corrected chi connectivity index (χ3v) is 3.67. The Labute approximate surface area is 113 Å². The molecule has 0 radical (unpaired) electrons. The molecule has 0 saturated carbocycles. The Morgan fingerprint density at radius 1 is 1.47 bits per heavy atom. The predicted molar refractivity (Wildman–Crippen MR) is 70.6 cm³/mol. The number of oxazole rings is 1. The van der Waals surface area contributed by atoms with Crippen LogP contribution in [0.2, 0.25) is 0 Å². The second-order valence-corrected chi connectivity index (χ2v) is 5.03. The summed E-state index contributed by atoms with van der Waals surface area (Å²) in [4.78, 5) is 16.4. The van der Waals surface area contributed by atoms with Gasteiger partial charge in [-0.05, 0) is 33.1 Å². The molecule has 2 heterocycles. The normalized spacial score (nSPS) is 23.3. The molecule has 1 fully saturated rings. The fraction of sp³-hybridized carbons (Fsp3) is 0.714. The highest BCUT2D eigenvalue weighted by atomic mass is 16.5. The summed E-state index contributed by atoms with van der Waals surface area (Å²) in [5.41, 5.74) is 0.872. The number of carbonyl (C=O) groups excluding carboxylic acids is 1. The average Bonchev–Trinajstić information content (AvgIpc) is 2.75. The number of amides is 1. The van der Waals surface area contributed by atoms with Crippen molar-refractivity contribution in [1.82, 2.24) is 10.3 Å². The standard InChI is InChI=1S/C14H22N2O3/c1-4-12-11(6-5-7-18-12)14(17)15-8-13-16-9(2)10(3)19-13/h11-12H,4-8H2,1-3H3,(H,15,17). The van der Waals surface area contributed by atoms with Crippen LogP contribution in [0.15, 0.2) is 4.42 Å². The van der Waals surface area contributed by atoms with Gasteiger partial charge in [-0.25, -0.2) is 4.98 Å². The van der Waals surface area contributed by atoms with Gasteiger partial charge in [0.05, 0.1) is 24.3 Å². The van der Waals surface area contributed by atoms with Crippen molar-refractivity contribution in [2.75, 3.05) is 6.61 Å². The Morgan fingerprint density at radius 3 is 2.89 bits per heavy atom. The molecular weight excluding hydrogens is 244 g/mol. The van der Waals surface area contributed by atoms with Crippen LogP contribution in [0.1, 0.15) is 43.5 Å². The van der Waals surface area contributed by atoms with Crippen molar-refractivity contribution in [2.45, 2.75) is 52.7 Å². The highest BCUT2D eigenvalue weighted by Crippen LogP contribution is 2.23. The number of hydrogen-bond acceptors (Lipinski definition) is 4. The van der Waals surface area contributed by atoms with Gasteiger partial charge in [0.2, 0.25) is 11.8 Å². The van der Waals surface area contributed by atoms with Gasteiger partial charge in [0.1, 0.15) is 5.76 Å². The van der Waals surface area contributed by atoms with E-state index in [0.29, 0.717) is 12.4 Å². The van der Waals surface area contributed by atoms with Crippen LogP contribution < -0.4 is 5.32 Å². The highest BCUT2D eigenvalue weighted by molar-refractivity contribution is 5.79. The van der Waals surface area contributed by atoms with Crippen molar-refractivity contribution in [3.63, 3.8) is 0 Å². The lowest BCUT2D eigenvalue weighted by atomic mass is 9.92. The maximum absolute atomic E-state index is 12.2. The summed E-state index contributed by atoms with van der Waals surface area (Å²) >= 11 is 0. The molecule has 106 valence electrons.